The number of nitriles is 1. The molecular formula is C10H9BrFNO. The first-order chi connectivity index (χ1) is 6.60. The fraction of sp³-hybridized carbons (Fsp3) is 0.300. The van der Waals surface area contributed by atoms with Crippen molar-refractivity contribution >= 4 is 15.9 Å². The van der Waals surface area contributed by atoms with Crippen LogP contribution in [0.15, 0.2) is 16.6 Å². The predicted octanol–water partition coefficient (Wildman–Crippen LogP) is 3.22. The van der Waals surface area contributed by atoms with Crippen LogP contribution in [0.5, 0.6) is 5.75 Å². The van der Waals surface area contributed by atoms with E-state index >= 15 is 0 Å². The first-order valence-electron chi connectivity index (χ1n) is 4.02. The summed E-state index contributed by atoms with van der Waals surface area (Å²) in [6.45, 7) is 1.63. The van der Waals surface area contributed by atoms with E-state index in [0.29, 0.717) is 15.8 Å². The van der Waals surface area contributed by atoms with Gasteiger partial charge in [-0.15, -0.1) is 0 Å². The van der Waals surface area contributed by atoms with Gasteiger partial charge in [0.15, 0.2) is 0 Å². The number of rotatable bonds is 2. The Bertz CT molecular complexity index is 386. The van der Waals surface area contributed by atoms with Gasteiger partial charge in [-0.25, -0.2) is 4.39 Å². The van der Waals surface area contributed by atoms with Crippen LogP contribution in [0.4, 0.5) is 4.39 Å². The molecule has 0 amide bonds. The van der Waals surface area contributed by atoms with E-state index in [-0.39, 0.29) is 0 Å². The second-order valence-corrected chi connectivity index (χ2v) is 3.77. The lowest BCUT2D eigenvalue weighted by atomic mass is 10.0. The number of hydrogen-bond acceptors (Lipinski definition) is 2. The van der Waals surface area contributed by atoms with E-state index in [1.54, 1.807) is 13.0 Å². The van der Waals surface area contributed by atoms with Crippen LogP contribution in [-0.2, 0) is 0 Å². The second-order valence-electron chi connectivity index (χ2n) is 2.85. The molecule has 0 saturated carbocycles. The summed E-state index contributed by atoms with van der Waals surface area (Å²) >= 11 is 3.16. The second kappa shape index (κ2) is 4.43. The molecule has 0 spiro atoms. The monoisotopic (exact) mass is 257 g/mol. The van der Waals surface area contributed by atoms with Gasteiger partial charge < -0.3 is 4.74 Å². The highest BCUT2D eigenvalue weighted by molar-refractivity contribution is 9.10. The van der Waals surface area contributed by atoms with Gasteiger partial charge in [0.05, 0.1) is 19.1 Å². The first kappa shape index (κ1) is 11.0. The Labute approximate surface area is 90.4 Å². The maximum atomic E-state index is 13.5. The fourth-order valence-electron chi connectivity index (χ4n) is 1.21. The van der Waals surface area contributed by atoms with Gasteiger partial charge in [-0.05, 0) is 19.1 Å². The molecule has 0 aliphatic heterocycles. The number of methoxy groups -OCH3 is 1. The van der Waals surface area contributed by atoms with Gasteiger partial charge in [-0.1, -0.05) is 15.9 Å². The molecule has 4 heteroatoms. The van der Waals surface area contributed by atoms with Crippen LogP contribution in [-0.4, -0.2) is 7.11 Å². The van der Waals surface area contributed by atoms with E-state index in [4.69, 9.17) is 10.00 Å². The van der Waals surface area contributed by atoms with Crippen molar-refractivity contribution in [3.8, 4) is 11.8 Å². The van der Waals surface area contributed by atoms with Crippen LogP contribution in [0.1, 0.15) is 18.4 Å². The fourth-order valence-corrected chi connectivity index (χ4v) is 1.62. The molecular weight excluding hydrogens is 249 g/mol. The van der Waals surface area contributed by atoms with Crippen molar-refractivity contribution in [1.29, 1.82) is 5.26 Å². The van der Waals surface area contributed by atoms with Crippen LogP contribution >= 0.6 is 15.9 Å². The smallest absolute Gasteiger partial charge is 0.132 e. The molecule has 1 aromatic carbocycles. The van der Waals surface area contributed by atoms with Gasteiger partial charge in [0, 0.05) is 10.0 Å². The van der Waals surface area contributed by atoms with E-state index in [1.807, 2.05) is 6.07 Å². The first-order valence-corrected chi connectivity index (χ1v) is 4.82. The quantitative estimate of drug-likeness (QED) is 0.815. The Morgan fingerprint density at radius 2 is 2.21 bits per heavy atom. The minimum atomic E-state index is -0.516. The summed E-state index contributed by atoms with van der Waals surface area (Å²) in [5.41, 5.74) is 0.304. The summed E-state index contributed by atoms with van der Waals surface area (Å²) in [6.07, 6.45) is 0. The van der Waals surface area contributed by atoms with Crippen LogP contribution in [0.3, 0.4) is 0 Å². The third-order valence-electron chi connectivity index (χ3n) is 1.90. The third kappa shape index (κ3) is 2.05. The molecule has 0 fully saturated rings. The predicted molar refractivity (Wildman–Crippen MR) is 54.7 cm³/mol. The van der Waals surface area contributed by atoms with Gasteiger partial charge in [0.25, 0.3) is 0 Å². The zero-order valence-electron chi connectivity index (χ0n) is 7.84. The molecule has 1 rings (SSSR count). The maximum Gasteiger partial charge on any atom is 0.132 e. The molecule has 1 unspecified atom stereocenters. The van der Waals surface area contributed by atoms with Crippen LogP contribution in [0, 0.1) is 17.1 Å². The Balaban J connectivity index is 3.34. The Kier molecular flexibility index (Phi) is 3.48. The van der Waals surface area contributed by atoms with E-state index in [1.165, 1.54) is 13.2 Å². The minimum Gasteiger partial charge on any atom is -0.496 e. The van der Waals surface area contributed by atoms with Gasteiger partial charge in [-0.2, -0.15) is 5.26 Å². The zero-order valence-corrected chi connectivity index (χ0v) is 9.43. The summed E-state index contributed by atoms with van der Waals surface area (Å²) in [7, 11) is 1.45. The Morgan fingerprint density at radius 3 is 2.71 bits per heavy atom. The molecule has 0 aliphatic rings. The van der Waals surface area contributed by atoms with Crippen molar-refractivity contribution in [2.24, 2.45) is 0 Å². The number of ether oxygens (including phenoxy) is 1. The summed E-state index contributed by atoms with van der Waals surface area (Å²) in [5.74, 6) is -0.547. The molecule has 1 atom stereocenters. The van der Waals surface area contributed by atoms with E-state index in [2.05, 4.69) is 15.9 Å². The number of benzene rings is 1. The molecule has 0 radical (unpaired) electrons. The normalized spacial score (nSPS) is 11.9. The van der Waals surface area contributed by atoms with Crippen molar-refractivity contribution < 1.29 is 9.13 Å². The number of hydrogen-bond donors (Lipinski definition) is 0. The highest BCUT2D eigenvalue weighted by Gasteiger charge is 2.16. The molecule has 74 valence electrons. The standard InChI is InChI=1S/C10H9BrFNO/c1-6(5-13)10-8(12)3-7(11)4-9(10)14-2/h3-4,6H,1-2H3. The molecule has 2 nitrogen and oxygen atoms in total. The topological polar surface area (TPSA) is 33.0 Å². The van der Waals surface area contributed by atoms with Gasteiger partial charge >= 0.3 is 0 Å². The molecule has 1 aromatic rings. The Hall–Kier alpha value is -1.08. The van der Waals surface area contributed by atoms with E-state index in [0.717, 1.165) is 0 Å². The lowest BCUT2D eigenvalue weighted by molar-refractivity contribution is 0.403. The van der Waals surface area contributed by atoms with Gasteiger partial charge in [0.1, 0.15) is 11.6 Å². The summed E-state index contributed by atoms with van der Waals surface area (Å²) in [4.78, 5) is 0. The summed E-state index contributed by atoms with van der Waals surface area (Å²) in [5, 5.41) is 8.72. The van der Waals surface area contributed by atoms with Crippen molar-refractivity contribution in [1.82, 2.24) is 0 Å². The zero-order chi connectivity index (χ0) is 10.7. The lowest BCUT2D eigenvalue weighted by Gasteiger charge is -2.11. The largest absolute Gasteiger partial charge is 0.496 e. The highest BCUT2D eigenvalue weighted by atomic mass is 79.9. The third-order valence-corrected chi connectivity index (χ3v) is 2.36. The van der Waals surface area contributed by atoms with Gasteiger partial charge in [-0.3, -0.25) is 0 Å². The lowest BCUT2D eigenvalue weighted by Crippen LogP contribution is -1.99. The minimum absolute atomic E-state index is 0.304. The molecule has 0 N–H and O–H groups in total. The van der Waals surface area contributed by atoms with Crippen LogP contribution in [0.25, 0.3) is 0 Å². The molecule has 14 heavy (non-hydrogen) atoms. The molecule has 0 saturated heterocycles. The van der Waals surface area contributed by atoms with Crippen LogP contribution in [0.2, 0.25) is 0 Å². The number of nitrogens with zero attached hydrogens (tertiary/aromatic N) is 1. The van der Waals surface area contributed by atoms with Crippen molar-refractivity contribution in [2.75, 3.05) is 7.11 Å². The summed E-state index contributed by atoms with van der Waals surface area (Å²) < 4.78 is 19.1. The average molecular weight is 258 g/mol. The van der Waals surface area contributed by atoms with Crippen molar-refractivity contribution in [2.45, 2.75) is 12.8 Å². The average Bonchev–Trinajstić information content (AvgIpc) is 2.15. The van der Waals surface area contributed by atoms with E-state index < -0.39 is 11.7 Å². The van der Waals surface area contributed by atoms with Crippen molar-refractivity contribution in [3.63, 3.8) is 0 Å². The molecule has 0 bridgehead atoms. The molecule has 0 aromatic heterocycles. The maximum absolute atomic E-state index is 13.5. The molecule has 0 aliphatic carbocycles. The van der Waals surface area contributed by atoms with Crippen LogP contribution < -0.4 is 4.74 Å². The van der Waals surface area contributed by atoms with Crippen molar-refractivity contribution in [3.05, 3.63) is 28.0 Å². The van der Waals surface area contributed by atoms with Gasteiger partial charge in [0.2, 0.25) is 0 Å². The number of halogens is 2. The Morgan fingerprint density at radius 1 is 1.57 bits per heavy atom. The summed E-state index contributed by atoms with van der Waals surface area (Å²) in [6, 6.07) is 4.95. The highest BCUT2D eigenvalue weighted by Crippen LogP contribution is 2.32. The van der Waals surface area contributed by atoms with E-state index in [9.17, 15) is 4.39 Å². The molecule has 0 heterocycles. The SMILES string of the molecule is COc1cc(Br)cc(F)c1C(C)C#N.